The summed E-state index contributed by atoms with van der Waals surface area (Å²) < 4.78 is 1.76. The maximum atomic E-state index is 11.2. The van der Waals surface area contributed by atoms with Crippen molar-refractivity contribution in [3.63, 3.8) is 0 Å². The molecule has 0 unspecified atom stereocenters. The van der Waals surface area contributed by atoms with Crippen molar-refractivity contribution in [3.8, 4) is 5.75 Å². The van der Waals surface area contributed by atoms with Gasteiger partial charge in [0.05, 0.1) is 16.8 Å². The Labute approximate surface area is 121 Å². The highest BCUT2D eigenvalue weighted by Crippen LogP contribution is 2.25. The van der Waals surface area contributed by atoms with E-state index in [1.807, 2.05) is 13.1 Å². The predicted octanol–water partition coefficient (Wildman–Crippen LogP) is 3.23. The van der Waals surface area contributed by atoms with E-state index in [0.29, 0.717) is 5.69 Å². The number of rotatable bonds is 3. The van der Waals surface area contributed by atoms with Gasteiger partial charge in [-0.25, -0.2) is 4.79 Å². The minimum atomic E-state index is -0.982. The predicted molar refractivity (Wildman–Crippen MR) is 80.8 cm³/mol. The number of nitrogens with one attached hydrogen (secondary N) is 1. The van der Waals surface area contributed by atoms with Crippen LogP contribution in [0.3, 0.4) is 0 Å². The number of phenols is 1. The molecule has 0 aliphatic rings. The van der Waals surface area contributed by atoms with E-state index in [1.165, 1.54) is 0 Å². The first-order valence-corrected chi connectivity index (χ1v) is 6.46. The topological polar surface area (TPSA) is 74.5 Å². The van der Waals surface area contributed by atoms with Crippen molar-refractivity contribution < 1.29 is 15.0 Å². The number of aromatic hydroxyl groups is 1. The quantitative estimate of drug-likeness (QED) is 0.689. The van der Waals surface area contributed by atoms with Crippen LogP contribution in [0, 0.1) is 6.92 Å². The van der Waals surface area contributed by atoms with Gasteiger partial charge in [-0.3, -0.25) is 10.1 Å². The highest BCUT2D eigenvalue weighted by Gasteiger charge is 2.11. The minimum Gasteiger partial charge on any atom is -0.508 e. The number of nitrogens with zero attached hydrogens (tertiary/aromatic N) is 1. The van der Waals surface area contributed by atoms with Gasteiger partial charge in [-0.15, -0.1) is 0 Å². The lowest BCUT2D eigenvalue weighted by Crippen LogP contribution is -2.11. The van der Waals surface area contributed by atoms with Gasteiger partial charge in [-0.05, 0) is 42.8 Å². The van der Waals surface area contributed by atoms with Crippen molar-refractivity contribution in [2.24, 2.45) is 0 Å². The van der Waals surface area contributed by atoms with Crippen LogP contribution in [0.15, 0.2) is 48.7 Å². The number of carboxylic acids is 1. The van der Waals surface area contributed by atoms with Gasteiger partial charge in [0.25, 0.3) is 0 Å². The van der Waals surface area contributed by atoms with E-state index in [4.69, 9.17) is 0 Å². The van der Waals surface area contributed by atoms with E-state index in [2.05, 4.69) is 5.43 Å². The summed E-state index contributed by atoms with van der Waals surface area (Å²) in [5, 5.41) is 19.7. The van der Waals surface area contributed by atoms with Gasteiger partial charge >= 0.3 is 5.97 Å². The van der Waals surface area contributed by atoms with E-state index in [1.54, 1.807) is 47.1 Å². The molecule has 0 aliphatic heterocycles. The number of aromatic carboxylic acids is 1. The number of hydrogen-bond acceptors (Lipinski definition) is 3. The van der Waals surface area contributed by atoms with Crippen LogP contribution in [0.1, 0.15) is 15.9 Å². The number of benzene rings is 2. The molecule has 1 heterocycles. The van der Waals surface area contributed by atoms with Crippen LogP contribution in [-0.4, -0.2) is 20.9 Å². The Hall–Kier alpha value is -2.95. The monoisotopic (exact) mass is 282 g/mol. The fourth-order valence-electron chi connectivity index (χ4n) is 2.37. The van der Waals surface area contributed by atoms with Crippen molar-refractivity contribution in [3.05, 3.63) is 59.8 Å². The largest absolute Gasteiger partial charge is 0.508 e. The van der Waals surface area contributed by atoms with Crippen LogP contribution in [0.4, 0.5) is 5.69 Å². The Kier molecular flexibility index (Phi) is 3.02. The van der Waals surface area contributed by atoms with E-state index in [-0.39, 0.29) is 11.3 Å². The Morgan fingerprint density at radius 3 is 2.71 bits per heavy atom. The number of fused-ring (bicyclic) bond motifs is 1. The summed E-state index contributed by atoms with van der Waals surface area (Å²) in [6.45, 7) is 1.93. The second-order valence-corrected chi connectivity index (χ2v) is 4.85. The summed E-state index contributed by atoms with van der Waals surface area (Å²) in [5.41, 5.74) is 5.66. The van der Waals surface area contributed by atoms with Gasteiger partial charge in [-0.2, -0.15) is 0 Å². The van der Waals surface area contributed by atoms with E-state index >= 15 is 0 Å². The molecule has 0 amide bonds. The summed E-state index contributed by atoms with van der Waals surface area (Å²) in [6.07, 6.45) is 1.86. The number of aryl methyl sites for hydroxylation is 1. The highest BCUT2D eigenvalue weighted by atomic mass is 16.4. The summed E-state index contributed by atoms with van der Waals surface area (Å²) >= 11 is 0. The van der Waals surface area contributed by atoms with Crippen molar-refractivity contribution in [1.29, 1.82) is 0 Å². The van der Waals surface area contributed by atoms with E-state index in [0.717, 1.165) is 16.5 Å². The van der Waals surface area contributed by atoms with Crippen molar-refractivity contribution >= 4 is 22.6 Å². The average molecular weight is 282 g/mol. The second kappa shape index (κ2) is 4.86. The third-order valence-electron chi connectivity index (χ3n) is 3.39. The van der Waals surface area contributed by atoms with Crippen LogP contribution in [-0.2, 0) is 0 Å². The molecule has 3 rings (SSSR count). The number of para-hydroxylation sites is 1. The smallest absolute Gasteiger partial charge is 0.337 e. The molecule has 3 N–H and O–H groups in total. The summed E-state index contributed by atoms with van der Waals surface area (Å²) in [7, 11) is 0. The molecule has 0 spiro atoms. The molecular formula is C16H14N2O3. The SMILES string of the molecule is Cc1cn(Nc2ccccc2C(=O)O)c2ccc(O)cc12. The molecule has 0 saturated carbocycles. The van der Waals surface area contributed by atoms with Gasteiger partial charge < -0.3 is 10.2 Å². The Morgan fingerprint density at radius 2 is 1.95 bits per heavy atom. The number of hydrogen-bond donors (Lipinski definition) is 3. The van der Waals surface area contributed by atoms with Crippen molar-refractivity contribution in [2.75, 3.05) is 5.43 Å². The zero-order valence-electron chi connectivity index (χ0n) is 11.4. The molecule has 0 saturated heterocycles. The molecule has 0 aliphatic carbocycles. The molecule has 0 radical (unpaired) electrons. The first-order chi connectivity index (χ1) is 10.1. The summed E-state index contributed by atoms with van der Waals surface area (Å²) in [6, 6.07) is 11.8. The average Bonchev–Trinajstić information content (AvgIpc) is 2.75. The van der Waals surface area contributed by atoms with Gasteiger partial charge in [-0.1, -0.05) is 12.1 Å². The minimum absolute atomic E-state index is 0.203. The van der Waals surface area contributed by atoms with Crippen LogP contribution in [0.2, 0.25) is 0 Å². The zero-order valence-corrected chi connectivity index (χ0v) is 11.4. The fraction of sp³-hybridized carbons (Fsp3) is 0.0625. The molecule has 0 bridgehead atoms. The van der Waals surface area contributed by atoms with Gasteiger partial charge in [0.1, 0.15) is 5.75 Å². The maximum Gasteiger partial charge on any atom is 0.337 e. The molecule has 106 valence electrons. The fourth-order valence-corrected chi connectivity index (χ4v) is 2.37. The number of aromatic nitrogens is 1. The molecule has 2 aromatic carbocycles. The van der Waals surface area contributed by atoms with E-state index < -0.39 is 5.97 Å². The van der Waals surface area contributed by atoms with Crippen molar-refractivity contribution in [1.82, 2.24) is 4.68 Å². The molecule has 0 atom stereocenters. The standard InChI is InChI=1S/C16H14N2O3/c1-10-9-18(15-7-6-11(19)8-13(10)15)17-14-5-3-2-4-12(14)16(20)21/h2-9,17,19H,1H3,(H,20,21). The van der Waals surface area contributed by atoms with Gasteiger partial charge in [0, 0.05) is 11.6 Å². The number of anilines is 1. The Balaban J connectivity index is 2.09. The molecule has 0 fully saturated rings. The molecule has 3 aromatic rings. The lowest BCUT2D eigenvalue weighted by Gasteiger charge is -2.11. The van der Waals surface area contributed by atoms with Crippen LogP contribution < -0.4 is 5.43 Å². The summed E-state index contributed by atoms with van der Waals surface area (Å²) in [5.74, 6) is -0.779. The summed E-state index contributed by atoms with van der Waals surface area (Å²) in [4.78, 5) is 11.2. The van der Waals surface area contributed by atoms with Crippen LogP contribution in [0.5, 0.6) is 5.75 Å². The number of phenolic OH excluding ortho intramolecular Hbond substituents is 1. The van der Waals surface area contributed by atoms with Crippen molar-refractivity contribution in [2.45, 2.75) is 6.92 Å². The van der Waals surface area contributed by atoms with Crippen LogP contribution in [0.25, 0.3) is 10.9 Å². The maximum absolute atomic E-state index is 11.2. The molecule has 21 heavy (non-hydrogen) atoms. The Morgan fingerprint density at radius 1 is 1.19 bits per heavy atom. The first kappa shape index (κ1) is 13.1. The zero-order chi connectivity index (χ0) is 15.0. The van der Waals surface area contributed by atoms with E-state index in [9.17, 15) is 15.0 Å². The third-order valence-corrected chi connectivity index (χ3v) is 3.39. The van der Waals surface area contributed by atoms with Gasteiger partial charge in [0.2, 0.25) is 0 Å². The Bertz CT molecular complexity index is 837. The first-order valence-electron chi connectivity index (χ1n) is 6.46. The lowest BCUT2D eigenvalue weighted by molar-refractivity contribution is 0.0698. The second-order valence-electron chi connectivity index (χ2n) is 4.85. The third kappa shape index (κ3) is 2.29. The lowest BCUT2D eigenvalue weighted by atomic mass is 10.2. The molecule has 5 heteroatoms. The van der Waals surface area contributed by atoms with Gasteiger partial charge in [0.15, 0.2) is 0 Å². The molecular weight excluding hydrogens is 268 g/mol. The molecule has 5 nitrogen and oxygen atoms in total. The number of carboxylic acid groups (broad SMARTS) is 1. The van der Waals surface area contributed by atoms with Crippen LogP contribution >= 0.6 is 0 Å². The normalized spacial score (nSPS) is 10.7. The molecule has 1 aromatic heterocycles. The highest BCUT2D eigenvalue weighted by molar-refractivity contribution is 5.94. The number of carbonyl (C=O) groups is 1.